The van der Waals surface area contributed by atoms with E-state index in [1.807, 2.05) is 95.8 Å². The van der Waals surface area contributed by atoms with Crippen LogP contribution in [0.5, 0.6) is 0 Å². The summed E-state index contributed by atoms with van der Waals surface area (Å²) in [5.74, 6) is 0. The molecule has 8 nitrogen and oxygen atoms in total. The van der Waals surface area contributed by atoms with Crippen molar-refractivity contribution < 1.29 is 18.3 Å². The molecule has 36 heavy (non-hydrogen) atoms. The van der Waals surface area contributed by atoms with Crippen molar-refractivity contribution in [3.05, 3.63) is 101 Å². The normalized spacial score (nSPS) is 13.2. The van der Waals surface area contributed by atoms with Crippen molar-refractivity contribution in [2.75, 3.05) is 12.8 Å². The standard InChI is InChI=1S/C27H30N4O4S/c1-19-8-12-21(13-9-19)16-23(17-28-36(3,34)35)31-25-7-5-4-6-24(25)30(26(31)29-27(32)33)18-22-14-10-20(2)11-15-22/h4-15,23,28H,16-18H2,1-3H3,(H,32,33). The molecule has 1 atom stereocenters. The van der Waals surface area contributed by atoms with E-state index < -0.39 is 22.2 Å². The van der Waals surface area contributed by atoms with Crippen molar-refractivity contribution in [1.82, 2.24) is 13.9 Å². The summed E-state index contributed by atoms with van der Waals surface area (Å²) in [6.45, 7) is 4.51. The molecule has 1 amide bonds. The minimum Gasteiger partial charge on any atom is -0.463 e. The van der Waals surface area contributed by atoms with E-state index in [-0.39, 0.29) is 12.2 Å². The number of benzene rings is 3. The number of carboxylic acid groups (broad SMARTS) is 1. The summed E-state index contributed by atoms with van der Waals surface area (Å²) >= 11 is 0. The van der Waals surface area contributed by atoms with Crippen LogP contribution in [0.15, 0.2) is 77.8 Å². The summed E-state index contributed by atoms with van der Waals surface area (Å²) < 4.78 is 30.4. The minimum atomic E-state index is -3.48. The Hall–Kier alpha value is -3.69. The fourth-order valence-corrected chi connectivity index (χ4v) is 4.83. The Bertz CT molecular complexity index is 1550. The average Bonchev–Trinajstić information content (AvgIpc) is 3.11. The summed E-state index contributed by atoms with van der Waals surface area (Å²) in [6.07, 6.45) is 0.277. The Kier molecular flexibility index (Phi) is 7.42. The van der Waals surface area contributed by atoms with Crippen LogP contribution in [0.4, 0.5) is 4.79 Å². The van der Waals surface area contributed by atoms with Crippen LogP contribution in [0.2, 0.25) is 0 Å². The summed E-state index contributed by atoms with van der Waals surface area (Å²) in [6, 6.07) is 23.2. The maximum Gasteiger partial charge on any atom is 0.434 e. The van der Waals surface area contributed by atoms with Crippen LogP contribution < -0.4 is 10.3 Å². The molecule has 0 aliphatic heterocycles. The highest BCUT2D eigenvalue weighted by molar-refractivity contribution is 7.88. The van der Waals surface area contributed by atoms with Gasteiger partial charge in [-0.05, 0) is 43.5 Å². The van der Waals surface area contributed by atoms with E-state index in [2.05, 4.69) is 9.71 Å². The molecule has 1 heterocycles. The molecule has 2 N–H and O–H groups in total. The molecule has 0 bridgehead atoms. The smallest absolute Gasteiger partial charge is 0.434 e. The van der Waals surface area contributed by atoms with Crippen molar-refractivity contribution in [3.8, 4) is 0 Å². The van der Waals surface area contributed by atoms with Gasteiger partial charge in [-0.15, -0.1) is 4.99 Å². The number of fused-ring (bicyclic) bond motifs is 1. The van der Waals surface area contributed by atoms with Gasteiger partial charge in [-0.3, -0.25) is 0 Å². The fraction of sp³-hybridized carbons (Fsp3) is 0.259. The first-order valence-corrected chi connectivity index (χ1v) is 13.5. The Morgan fingerprint density at radius 2 is 1.47 bits per heavy atom. The highest BCUT2D eigenvalue weighted by Gasteiger charge is 2.22. The molecule has 0 spiro atoms. The lowest BCUT2D eigenvalue weighted by Gasteiger charge is -2.20. The summed E-state index contributed by atoms with van der Waals surface area (Å²) in [7, 11) is -3.48. The lowest BCUT2D eigenvalue weighted by Crippen LogP contribution is -2.37. The summed E-state index contributed by atoms with van der Waals surface area (Å²) in [5.41, 5.74) is 6.09. The minimum absolute atomic E-state index is 0.0814. The second-order valence-corrected chi connectivity index (χ2v) is 10.9. The van der Waals surface area contributed by atoms with E-state index in [1.54, 1.807) is 0 Å². The third kappa shape index (κ3) is 6.10. The number of nitrogens with zero attached hydrogens (tertiary/aromatic N) is 3. The van der Waals surface area contributed by atoms with Gasteiger partial charge in [-0.2, -0.15) is 0 Å². The van der Waals surface area contributed by atoms with Gasteiger partial charge in [0.05, 0.1) is 29.9 Å². The van der Waals surface area contributed by atoms with Crippen LogP contribution in [-0.2, 0) is 23.0 Å². The molecule has 0 saturated carbocycles. The number of hydrogen-bond donors (Lipinski definition) is 2. The molecule has 0 radical (unpaired) electrons. The van der Waals surface area contributed by atoms with Gasteiger partial charge in [0.15, 0.2) is 0 Å². The molecule has 4 rings (SSSR count). The molecule has 0 aliphatic carbocycles. The van der Waals surface area contributed by atoms with E-state index in [0.717, 1.165) is 39.5 Å². The summed E-state index contributed by atoms with van der Waals surface area (Å²) in [5, 5.41) is 9.70. The van der Waals surface area contributed by atoms with Crippen molar-refractivity contribution in [3.63, 3.8) is 0 Å². The molecule has 9 heteroatoms. The number of imidazole rings is 1. The van der Waals surface area contributed by atoms with Crippen LogP contribution in [-0.4, -0.2) is 41.6 Å². The first-order valence-electron chi connectivity index (χ1n) is 11.6. The van der Waals surface area contributed by atoms with Crippen molar-refractivity contribution in [2.45, 2.75) is 32.9 Å². The zero-order chi connectivity index (χ0) is 25.9. The highest BCUT2D eigenvalue weighted by atomic mass is 32.2. The van der Waals surface area contributed by atoms with E-state index >= 15 is 0 Å². The van der Waals surface area contributed by atoms with Gasteiger partial charge >= 0.3 is 6.09 Å². The number of carbonyl (C=O) groups is 1. The topological polar surface area (TPSA) is 106 Å². The molecule has 4 aromatic rings. The quantitative estimate of drug-likeness (QED) is 0.376. The van der Waals surface area contributed by atoms with E-state index in [9.17, 15) is 18.3 Å². The second-order valence-electron chi connectivity index (χ2n) is 9.09. The largest absolute Gasteiger partial charge is 0.463 e. The number of amides is 1. The Labute approximate surface area is 210 Å². The van der Waals surface area contributed by atoms with Crippen LogP contribution in [0.1, 0.15) is 28.3 Å². The Balaban J connectivity index is 1.93. The average molecular weight is 507 g/mol. The second kappa shape index (κ2) is 10.5. The molecule has 0 aliphatic rings. The third-order valence-corrected chi connectivity index (χ3v) is 6.78. The molecule has 1 aromatic heterocycles. The molecule has 3 aromatic carbocycles. The van der Waals surface area contributed by atoms with Crippen LogP contribution in [0.3, 0.4) is 0 Å². The monoisotopic (exact) mass is 506 g/mol. The van der Waals surface area contributed by atoms with Crippen LogP contribution in [0, 0.1) is 13.8 Å². The highest BCUT2D eigenvalue weighted by Crippen LogP contribution is 2.22. The summed E-state index contributed by atoms with van der Waals surface area (Å²) in [4.78, 5) is 15.9. The number of aryl methyl sites for hydroxylation is 2. The van der Waals surface area contributed by atoms with Gasteiger partial charge < -0.3 is 14.2 Å². The maximum absolute atomic E-state index is 12.0. The van der Waals surface area contributed by atoms with E-state index in [1.165, 1.54) is 0 Å². The maximum atomic E-state index is 12.0. The SMILES string of the molecule is Cc1ccc(CC(CNS(C)(=O)=O)n2c(=NC(=O)O)n(Cc3ccc(C)cc3)c3ccccc32)cc1. The van der Waals surface area contributed by atoms with Gasteiger partial charge in [-0.25, -0.2) is 17.9 Å². The zero-order valence-electron chi connectivity index (χ0n) is 20.5. The molecule has 0 fully saturated rings. The van der Waals surface area contributed by atoms with Gasteiger partial charge in [0.1, 0.15) is 0 Å². The first kappa shape index (κ1) is 25.4. The first-order chi connectivity index (χ1) is 17.1. The van der Waals surface area contributed by atoms with Crippen molar-refractivity contribution in [2.24, 2.45) is 4.99 Å². The van der Waals surface area contributed by atoms with Gasteiger partial charge in [0.2, 0.25) is 15.6 Å². The van der Waals surface area contributed by atoms with E-state index in [4.69, 9.17) is 0 Å². The number of nitrogens with one attached hydrogen (secondary N) is 1. The predicted molar refractivity (Wildman–Crippen MR) is 141 cm³/mol. The molecular formula is C27H30N4O4S. The van der Waals surface area contributed by atoms with Crippen LogP contribution >= 0.6 is 0 Å². The number of hydrogen-bond acceptors (Lipinski definition) is 3. The van der Waals surface area contributed by atoms with Crippen molar-refractivity contribution in [1.29, 1.82) is 0 Å². The fourth-order valence-electron chi connectivity index (χ4n) is 4.33. The number of aromatic nitrogens is 2. The predicted octanol–water partition coefficient (Wildman–Crippen LogP) is 4.02. The molecule has 188 valence electrons. The third-order valence-electron chi connectivity index (χ3n) is 6.08. The zero-order valence-corrected chi connectivity index (χ0v) is 21.4. The van der Waals surface area contributed by atoms with Crippen molar-refractivity contribution >= 4 is 27.1 Å². The Morgan fingerprint density at radius 3 is 2.03 bits per heavy atom. The van der Waals surface area contributed by atoms with Crippen LogP contribution in [0.25, 0.3) is 11.0 Å². The van der Waals surface area contributed by atoms with Gasteiger partial charge in [0, 0.05) is 6.54 Å². The van der Waals surface area contributed by atoms with Gasteiger partial charge in [-0.1, -0.05) is 71.8 Å². The van der Waals surface area contributed by atoms with E-state index in [0.29, 0.717) is 13.0 Å². The lowest BCUT2D eigenvalue weighted by atomic mass is 10.0. The number of rotatable bonds is 8. The molecule has 0 saturated heterocycles. The lowest BCUT2D eigenvalue weighted by molar-refractivity contribution is 0.204. The Morgan fingerprint density at radius 1 is 0.917 bits per heavy atom. The molecular weight excluding hydrogens is 476 g/mol. The molecule has 1 unspecified atom stereocenters. The number of sulfonamides is 1. The van der Waals surface area contributed by atoms with Gasteiger partial charge in [0.25, 0.3) is 0 Å². The number of para-hydroxylation sites is 2.